The molecular weight excluding hydrogens is 445 g/mol. The highest BCUT2D eigenvalue weighted by atomic mass is 19.4. The van der Waals surface area contributed by atoms with E-state index < -0.39 is 17.7 Å². The Hall–Kier alpha value is -3.69. The van der Waals surface area contributed by atoms with Crippen LogP contribution < -0.4 is 15.1 Å². The molecule has 176 valence electrons. The number of alkyl halides is 3. The van der Waals surface area contributed by atoms with Gasteiger partial charge in [-0.2, -0.15) is 13.2 Å². The molecule has 0 bridgehead atoms. The van der Waals surface area contributed by atoms with Crippen LogP contribution in [0.5, 0.6) is 0 Å². The van der Waals surface area contributed by atoms with E-state index in [0.29, 0.717) is 36.7 Å². The number of fused-ring (bicyclic) bond motifs is 3. The molecule has 2 atom stereocenters. The summed E-state index contributed by atoms with van der Waals surface area (Å²) >= 11 is 0. The summed E-state index contributed by atoms with van der Waals surface area (Å²) in [6, 6.07) is 9.06. The number of amides is 1. The van der Waals surface area contributed by atoms with Crippen LogP contribution in [0.1, 0.15) is 16.8 Å². The maximum Gasteiger partial charge on any atom is 0.416 e. The Labute approximate surface area is 194 Å². The van der Waals surface area contributed by atoms with Gasteiger partial charge in [0, 0.05) is 43.9 Å². The van der Waals surface area contributed by atoms with Crippen LogP contribution in [0.15, 0.2) is 61.2 Å². The number of benzene rings is 1. The first-order valence-corrected chi connectivity index (χ1v) is 11.1. The van der Waals surface area contributed by atoms with Crippen molar-refractivity contribution in [3.8, 4) is 0 Å². The zero-order chi connectivity index (χ0) is 23.7. The number of rotatable bonds is 4. The Morgan fingerprint density at radius 2 is 1.97 bits per heavy atom. The number of pyridine rings is 1. The Bertz CT molecular complexity index is 1160. The van der Waals surface area contributed by atoms with E-state index in [4.69, 9.17) is 0 Å². The molecule has 1 aromatic carbocycles. The summed E-state index contributed by atoms with van der Waals surface area (Å²) in [5, 5.41) is 2.94. The first kappa shape index (κ1) is 22.1. The van der Waals surface area contributed by atoms with Crippen molar-refractivity contribution >= 4 is 17.4 Å². The Balaban J connectivity index is 1.44. The first-order valence-electron chi connectivity index (χ1n) is 11.1. The van der Waals surface area contributed by atoms with Gasteiger partial charge in [0.15, 0.2) is 0 Å². The van der Waals surface area contributed by atoms with Crippen LogP contribution in [0.25, 0.3) is 0 Å². The molecule has 0 radical (unpaired) electrons. The van der Waals surface area contributed by atoms with Gasteiger partial charge in [-0.05, 0) is 42.3 Å². The van der Waals surface area contributed by atoms with Gasteiger partial charge >= 0.3 is 6.18 Å². The number of hydrogen-bond acceptors (Lipinski definition) is 6. The minimum atomic E-state index is -4.44. The van der Waals surface area contributed by atoms with E-state index >= 15 is 0 Å². The second kappa shape index (κ2) is 8.92. The molecule has 3 aromatic rings. The summed E-state index contributed by atoms with van der Waals surface area (Å²) in [5.41, 5.74) is 1.31. The third-order valence-corrected chi connectivity index (χ3v) is 6.42. The number of nitrogens with zero attached hydrogens (tertiary/aromatic N) is 5. The van der Waals surface area contributed by atoms with Gasteiger partial charge in [0.2, 0.25) is 5.91 Å². The number of piperazine rings is 1. The lowest BCUT2D eigenvalue weighted by Crippen LogP contribution is -2.61. The van der Waals surface area contributed by atoms with Crippen molar-refractivity contribution in [2.45, 2.75) is 25.2 Å². The molecule has 0 unspecified atom stereocenters. The lowest BCUT2D eigenvalue weighted by Gasteiger charge is -2.49. The van der Waals surface area contributed by atoms with Crippen molar-refractivity contribution in [3.05, 3.63) is 78.0 Å². The second-order valence-electron chi connectivity index (χ2n) is 8.46. The van der Waals surface area contributed by atoms with Crippen molar-refractivity contribution in [1.29, 1.82) is 0 Å². The standard InChI is InChI=1S/C24H23F3N6O/c25-24(26,27)17-4-5-20-16(11-17)12-19(23(34)31-13-18-3-1-2-6-29-18)21-15-32(9-10-33(20)21)22-14-28-7-8-30-22/h1-8,11,14,19,21H,9-10,12-13,15H2,(H,31,34)/t19-,21+/m0/s1. The smallest absolute Gasteiger partial charge is 0.364 e. The largest absolute Gasteiger partial charge is 0.416 e. The number of halogens is 3. The molecule has 0 spiro atoms. The Morgan fingerprint density at radius 1 is 1.09 bits per heavy atom. The average molecular weight is 468 g/mol. The number of carbonyl (C=O) groups is 1. The van der Waals surface area contributed by atoms with Crippen molar-refractivity contribution in [1.82, 2.24) is 20.3 Å². The van der Waals surface area contributed by atoms with E-state index in [-0.39, 0.29) is 24.9 Å². The van der Waals surface area contributed by atoms with Gasteiger partial charge < -0.3 is 15.1 Å². The van der Waals surface area contributed by atoms with E-state index in [1.165, 1.54) is 12.1 Å². The second-order valence-corrected chi connectivity index (χ2v) is 8.46. The van der Waals surface area contributed by atoms with Gasteiger partial charge in [-0.25, -0.2) is 4.98 Å². The highest BCUT2D eigenvalue weighted by Gasteiger charge is 2.43. The summed E-state index contributed by atoms with van der Waals surface area (Å²) < 4.78 is 40.1. The van der Waals surface area contributed by atoms with Crippen LogP contribution in [0.4, 0.5) is 24.7 Å². The predicted octanol–water partition coefficient (Wildman–Crippen LogP) is 3.07. The summed E-state index contributed by atoms with van der Waals surface area (Å²) in [6.07, 6.45) is 2.34. The van der Waals surface area contributed by atoms with Crippen molar-refractivity contribution in [2.75, 3.05) is 29.4 Å². The minimum absolute atomic E-state index is 0.204. The van der Waals surface area contributed by atoms with Crippen LogP contribution >= 0.6 is 0 Å². The minimum Gasteiger partial charge on any atom is -0.364 e. The van der Waals surface area contributed by atoms with E-state index in [1.807, 2.05) is 12.1 Å². The topological polar surface area (TPSA) is 74.2 Å². The van der Waals surface area contributed by atoms with E-state index in [9.17, 15) is 18.0 Å². The van der Waals surface area contributed by atoms with Crippen molar-refractivity contribution < 1.29 is 18.0 Å². The fourth-order valence-corrected chi connectivity index (χ4v) is 4.77. The third kappa shape index (κ3) is 4.40. The molecule has 1 fully saturated rings. The Kier molecular flexibility index (Phi) is 5.80. The molecule has 34 heavy (non-hydrogen) atoms. The predicted molar refractivity (Wildman–Crippen MR) is 120 cm³/mol. The number of carbonyl (C=O) groups excluding carboxylic acids is 1. The molecule has 1 amide bonds. The number of nitrogens with one attached hydrogen (secondary N) is 1. The molecular formula is C24H23F3N6O. The summed E-state index contributed by atoms with van der Waals surface area (Å²) in [7, 11) is 0. The summed E-state index contributed by atoms with van der Waals surface area (Å²) in [6.45, 7) is 1.95. The van der Waals surface area contributed by atoms with Crippen molar-refractivity contribution in [2.24, 2.45) is 5.92 Å². The van der Waals surface area contributed by atoms with Crippen molar-refractivity contribution in [3.63, 3.8) is 0 Å². The van der Waals surface area contributed by atoms with E-state index in [0.717, 1.165) is 11.8 Å². The van der Waals surface area contributed by atoms with Crippen LogP contribution in [0.2, 0.25) is 0 Å². The Morgan fingerprint density at radius 3 is 2.71 bits per heavy atom. The fourth-order valence-electron chi connectivity index (χ4n) is 4.77. The molecule has 1 N–H and O–H groups in total. The molecule has 10 heteroatoms. The lowest BCUT2D eigenvalue weighted by atomic mass is 9.82. The van der Waals surface area contributed by atoms with E-state index in [1.54, 1.807) is 30.9 Å². The molecule has 4 heterocycles. The van der Waals surface area contributed by atoms with E-state index in [2.05, 4.69) is 30.1 Å². The first-order chi connectivity index (χ1) is 16.4. The molecule has 2 aliphatic heterocycles. The zero-order valence-electron chi connectivity index (χ0n) is 18.2. The molecule has 7 nitrogen and oxygen atoms in total. The number of hydrogen-bond donors (Lipinski definition) is 1. The van der Waals surface area contributed by atoms with Crippen LogP contribution in [-0.4, -0.2) is 46.5 Å². The van der Waals surface area contributed by atoms with Crippen LogP contribution in [0.3, 0.4) is 0 Å². The van der Waals surface area contributed by atoms with Crippen LogP contribution in [0, 0.1) is 5.92 Å². The van der Waals surface area contributed by atoms with Gasteiger partial charge in [-0.1, -0.05) is 6.07 Å². The van der Waals surface area contributed by atoms with Gasteiger partial charge in [0.05, 0.1) is 36.0 Å². The molecule has 2 aliphatic rings. The quantitative estimate of drug-likeness (QED) is 0.635. The highest BCUT2D eigenvalue weighted by molar-refractivity contribution is 5.82. The van der Waals surface area contributed by atoms with Crippen LogP contribution in [-0.2, 0) is 23.9 Å². The molecule has 0 saturated carbocycles. The van der Waals surface area contributed by atoms with Gasteiger partial charge in [-0.3, -0.25) is 14.8 Å². The lowest BCUT2D eigenvalue weighted by molar-refractivity contribution is -0.137. The summed E-state index contributed by atoms with van der Waals surface area (Å²) in [5.74, 6) is -0.0168. The van der Waals surface area contributed by atoms with Gasteiger partial charge in [0.1, 0.15) is 5.82 Å². The fraction of sp³-hybridized carbons (Fsp3) is 0.333. The molecule has 1 saturated heterocycles. The molecule has 2 aromatic heterocycles. The normalized spacial score (nSPS) is 19.9. The number of aromatic nitrogens is 3. The maximum atomic E-state index is 13.4. The maximum absolute atomic E-state index is 13.4. The monoisotopic (exact) mass is 468 g/mol. The SMILES string of the molecule is O=C(NCc1ccccn1)[C@H]1Cc2cc(C(F)(F)F)ccc2N2CCN(c3cnccn3)C[C@H]12. The molecule has 5 rings (SSSR count). The highest BCUT2D eigenvalue weighted by Crippen LogP contribution is 2.40. The third-order valence-electron chi connectivity index (χ3n) is 6.42. The number of anilines is 2. The summed E-state index contributed by atoms with van der Waals surface area (Å²) in [4.78, 5) is 30.2. The zero-order valence-corrected chi connectivity index (χ0v) is 18.2. The van der Waals surface area contributed by atoms with Gasteiger partial charge in [0.25, 0.3) is 0 Å². The molecule has 0 aliphatic carbocycles. The average Bonchev–Trinajstić information content (AvgIpc) is 2.86. The van der Waals surface area contributed by atoms with Gasteiger partial charge in [-0.15, -0.1) is 0 Å².